The van der Waals surface area contributed by atoms with Crippen LogP contribution < -0.4 is 0 Å². The third-order valence-corrected chi connectivity index (χ3v) is 6.00. The number of carbonyl (C=O) groups is 1. The van der Waals surface area contributed by atoms with Crippen LogP contribution in [0, 0.1) is 11.8 Å². The first-order valence-electron chi connectivity index (χ1n) is 9.15. The van der Waals surface area contributed by atoms with Gasteiger partial charge in [0.05, 0.1) is 0 Å². The predicted octanol–water partition coefficient (Wildman–Crippen LogP) is 5.41. The molecule has 1 amide bonds. The summed E-state index contributed by atoms with van der Waals surface area (Å²) >= 11 is 1.81. The van der Waals surface area contributed by atoms with Crippen molar-refractivity contribution < 1.29 is 4.79 Å². The summed E-state index contributed by atoms with van der Waals surface area (Å²) in [6.07, 6.45) is 2.21. The molecule has 3 unspecified atom stereocenters. The molecule has 4 rings (SSSR count). The average molecular weight is 342 g/mol. The summed E-state index contributed by atoms with van der Waals surface area (Å²) in [5, 5.41) is 2.22. The van der Waals surface area contributed by atoms with Crippen LogP contribution in [0.5, 0.6) is 0 Å². The van der Waals surface area contributed by atoms with Crippen LogP contribution in [-0.2, 0) is 4.79 Å². The first-order chi connectivity index (χ1) is 11.7. The minimum atomic E-state index is 0.243. The van der Waals surface area contributed by atoms with Crippen LogP contribution in [-0.4, -0.2) is 23.9 Å². The number of hydrogen-bond donors (Lipinski definition) is 0. The van der Waals surface area contributed by atoms with Crippen LogP contribution in [0.4, 0.5) is 0 Å². The van der Waals surface area contributed by atoms with Gasteiger partial charge in [0.25, 0.3) is 0 Å². The lowest BCUT2D eigenvalue weighted by Gasteiger charge is -2.15. The molecular formula is C21H27NOS. The van der Waals surface area contributed by atoms with Crippen molar-refractivity contribution in [3.8, 4) is 11.1 Å². The van der Waals surface area contributed by atoms with Gasteiger partial charge in [-0.15, -0.1) is 11.3 Å². The van der Waals surface area contributed by atoms with Crippen molar-refractivity contribution in [2.75, 3.05) is 13.1 Å². The van der Waals surface area contributed by atoms with Crippen molar-refractivity contribution in [3.05, 3.63) is 46.7 Å². The first-order valence-corrected chi connectivity index (χ1v) is 10.0. The lowest BCUT2D eigenvalue weighted by Crippen LogP contribution is -2.30. The monoisotopic (exact) mass is 341 g/mol. The molecule has 1 aliphatic carbocycles. The van der Waals surface area contributed by atoms with Crippen LogP contribution in [0.3, 0.4) is 0 Å². The Labute approximate surface area is 149 Å². The van der Waals surface area contributed by atoms with Gasteiger partial charge < -0.3 is 4.90 Å². The Morgan fingerprint density at radius 1 is 1.17 bits per heavy atom. The Hall–Kier alpha value is -1.61. The normalized spacial score (nSPS) is 25.1. The van der Waals surface area contributed by atoms with E-state index in [4.69, 9.17) is 0 Å². The van der Waals surface area contributed by atoms with Crippen molar-refractivity contribution in [2.24, 2.45) is 11.8 Å². The first kappa shape index (κ1) is 17.2. The van der Waals surface area contributed by atoms with Gasteiger partial charge in [-0.1, -0.05) is 51.1 Å². The van der Waals surface area contributed by atoms with E-state index in [1.165, 1.54) is 22.4 Å². The van der Waals surface area contributed by atoms with E-state index in [1.54, 1.807) is 0 Å². The number of carbonyl (C=O) groups excluding carboxylic acids is 1. The number of likely N-dealkylation sites (tertiary alicyclic amines) is 1. The van der Waals surface area contributed by atoms with E-state index in [0.29, 0.717) is 17.7 Å². The second-order valence-electron chi connectivity index (χ2n) is 6.73. The van der Waals surface area contributed by atoms with E-state index in [2.05, 4.69) is 47.5 Å². The third-order valence-electron chi connectivity index (χ3n) is 4.94. The zero-order valence-corrected chi connectivity index (χ0v) is 15.7. The van der Waals surface area contributed by atoms with E-state index < -0.39 is 0 Å². The van der Waals surface area contributed by atoms with Crippen molar-refractivity contribution >= 4 is 17.2 Å². The molecule has 24 heavy (non-hydrogen) atoms. The lowest BCUT2D eigenvalue weighted by atomic mass is 10.1. The molecule has 0 bridgehead atoms. The maximum Gasteiger partial charge on any atom is 0.226 e. The maximum absolute atomic E-state index is 12.5. The van der Waals surface area contributed by atoms with E-state index in [-0.39, 0.29) is 5.92 Å². The van der Waals surface area contributed by atoms with E-state index in [0.717, 1.165) is 19.5 Å². The summed E-state index contributed by atoms with van der Waals surface area (Å²) < 4.78 is 0. The predicted molar refractivity (Wildman–Crippen MR) is 102 cm³/mol. The molecule has 2 heterocycles. The van der Waals surface area contributed by atoms with Gasteiger partial charge in [0, 0.05) is 29.8 Å². The molecule has 1 aromatic heterocycles. The number of nitrogens with zero attached hydrogens (tertiary/aromatic N) is 1. The van der Waals surface area contributed by atoms with Crippen molar-refractivity contribution in [1.82, 2.24) is 4.90 Å². The molecule has 0 radical (unpaired) electrons. The zero-order chi connectivity index (χ0) is 17.1. The number of thiophene rings is 1. The number of hydrogen-bond acceptors (Lipinski definition) is 2. The highest BCUT2D eigenvalue weighted by atomic mass is 32.1. The van der Waals surface area contributed by atoms with Gasteiger partial charge in [0.15, 0.2) is 0 Å². The summed E-state index contributed by atoms with van der Waals surface area (Å²) in [5.41, 5.74) is 2.55. The third kappa shape index (κ3) is 3.56. The zero-order valence-electron chi connectivity index (χ0n) is 14.9. The van der Waals surface area contributed by atoms with Crippen LogP contribution in [0.25, 0.3) is 11.1 Å². The second kappa shape index (κ2) is 7.52. The molecule has 0 N–H and O–H groups in total. The topological polar surface area (TPSA) is 20.3 Å². The van der Waals surface area contributed by atoms with E-state index >= 15 is 0 Å². The minimum Gasteiger partial charge on any atom is -0.342 e. The second-order valence-corrected chi connectivity index (χ2v) is 7.67. The van der Waals surface area contributed by atoms with Gasteiger partial charge in [-0.2, -0.15) is 0 Å². The van der Waals surface area contributed by atoms with Crippen LogP contribution in [0.15, 0.2) is 41.8 Å². The number of amides is 1. The van der Waals surface area contributed by atoms with Gasteiger partial charge in [-0.3, -0.25) is 4.79 Å². The van der Waals surface area contributed by atoms with Crippen molar-refractivity contribution in [1.29, 1.82) is 0 Å². The highest BCUT2D eigenvalue weighted by Crippen LogP contribution is 2.51. The van der Waals surface area contributed by atoms with Gasteiger partial charge in [0.2, 0.25) is 5.91 Å². The fourth-order valence-electron chi connectivity index (χ4n) is 3.48. The summed E-state index contributed by atoms with van der Waals surface area (Å²) in [7, 11) is 0. The van der Waals surface area contributed by atoms with Crippen LogP contribution in [0.2, 0.25) is 0 Å². The maximum atomic E-state index is 12.5. The number of benzene rings is 1. The van der Waals surface area contributed by atoms with Gasteiger partial charge >= 0.3 is 0 Å². The summed E-state index contributed by atoms with van der Waals surface area (Å²) in [6.45, 7) is 8.16. The molecule has 1 aromatic carbocycles. The van der Waals surface area contributed by atoms with Crippen molar-refractivity contribution in [2.45, 2.75) is 39.5 Å². The highest BCUT2D eigenvalue weighted by molar-refractivity contribution is 7.10. The molecule has 2 aromatic rings. The highest BCUT2D eigenvalue weighted by Gasteiger charge is 2.47. The average Bonchev–Trinajstić information content (AvgIpc) is 3.06. The molecular weight excluding hydrogens is 314 g/mol. The molecule has 0 spiro atoms. The fraction of sp³-hybridized carbons (Fsp3) is 0.476. The Balaban J connectivity index is 0.000000815. The van der Waals surface area contributed by atoms with Gasteiger partial charge in [0.1, 0.15) is 0 Å². The SMILES string of the molecule is CC.CC1CCN(C(=O)C2CC2c2cc(-c3ccccc3)cs2)C1. The Morgan fingerprint density at radius 3 is 2.58 bits per heavy atom. The summed E-state index contributed by atoms with van der Waals surface area (Å²) in [6, 6.07) is 12.8. The Morgan fingerprint density at radius 2 is 1.92 bits per heavy atom. The minimum absolute atomic E-state index is 0.243. The Kier molecular flexibility index (Phi) is 5.40. The molecule has 3 atom stereocenters. The van der Waals surface area contributed by atoms with Crippen molar-refractivity contribution in [3.63, 3.8) is 0 Å². The molecule has 1 saturated carbocycles. The Bertz CT molecular complexity index is 678. The van der Waals surface area contributed by atoms with E-state index in [9.17, 15) is 4.79 Å². The van der Waals surface area contributed by atoms with Gasteiger partial charge in [-0.05, 0) is 41.3 Å². The van der Waals surface area contributed by atoms with Crippen LogP contribution in [0.1, 0.15) is 44.4 Å². The molecule has 128 valence electrons. The van der Waals surface area contributed by atoms with Crippen LogP contribution >= 0.6 is 11.3 Å². The number of rotatable bonds is 3. The summed E-state index contributed by atoms with van der Waals surface area (Å²) in [5.74, 6) is 1.77. The largest absolute Gasteiger partial charge is 0.342 e. The molecule has 1 aliphatic heterocycles. The fourth-order valence-corrected chi connectivity index (χ4v) is 4.58. The van der Waals surface area contributed by atoms with Gasteiger partial charge in [-0.25, -0.2) is 0 Å². The molecule has 1 saturated heterocycles. The summed E-state index contributed by atoms with van der Waals surface area (Å²) in [4.78, 5) is 16.0. The molecule has 3 heteroatoms. The lowest BCUT2D eigenvalue weighted by molar-refractivity contribution is -0.131. The van der Waals surface area contributed by atoms with E-state index in [1.807, 2.05) is 31.3 Å². The quantitative estimate of drug-likeness (QED) is 0.730. The smallest absolute Gasteiger partial charge is 0.226 e. The molecule has 2 nitrogen and oxygen atoms in total. The molecule has 2 fully saturated rings. The standard InChI is InChI=1S/C19H21NOS.C2H6/c1-13-7-8-20(11-13)19(21)17-10-16(17)18-9-15(12-22-18)14-5-3-2-4-6-14;1-2/h2-6,9,12-13,16-17H,7-8,10-11H2,1H3;1-2H3. The molecule has 2 aliphatic rings.